The fourth-order valence-electron chi connectivity index (χ4n) is 2.28. The van der Waals surface area contributed by atoms with Crippen molar-refractivity contribution in [1.82, 2.24) is 4.57 Å². The van der Waals surface area contributed by atoms with Gasteiger partial charge in [0.2, 0.25) is 0 Å². The predicted octanol–water partition coefficient (Wildman–Crippen LogP) is 2.71. The minimum absolute atomic E-state index is 0.151. The van der Waals surface area contributed by atoms with Crippen LogP contribution < -0.4 is 10.3 Å². The lowest BCUT2D eigenvalue weighted by Gasteiger charge is -2.19. The second kappa shape index (κ2) is 6.93. The zero-order valence-electron chi connectivity index (χ0n) is 12.6. The van der Waals surface area contributed by atoms with Crippen molar-refractivity contribution < 1.29 is 14.6 Å². The van der Waals surface area contributed by atoms with E-state index in [1.807, 2.05) is 30.3 Å². The van der Waals surface area contributed by atoms with E-state index in [-0.39, 0.29) is 18.3 Å². The van der Waals surface area contributed by atoms with Gasteiger partial charge in [-0.3, -0.25) is 9.36 Å². The van der Waals surface area contributed by atoms with Crippen LogP contribution in [-0.2, 0) is 11.4 Å². The molecule has 5 nitrogen and oxygen atoms in total. The zero-order chi connectivity index (χ0) is 16.1. The Hall–Kier alpha value is -2.56. The van der Waals surface area contributed by atoms with E-state index < -0.39 is 17.6 Å². The lowest BCUT2D eigenvalue weighted by Crippen LogP contribution is -2.33. The van der Waals surface area contributed by atoms with Gasteiger partial charge in [-0.1, -0.05) is 44.2 Å². The summed E-state index contributed by atoms with van der Waals surface area (Å²) in [5, 5.41) is 9.32. The normalized spacial score (nSPS) is 12.1. The SMILES string of the molecule is CC(C)C(C(=O)O)n1cccc(OCc2ccccc2)c1=O. The van der Waals surface area contributed by atoms with E-state index in [1.165, 1.54) is 10.8 Å². The molecule has 0 amide bonds. The molecule has 1 aromatic carbocycles. The van der Waals surface area contributed by atoms with Crippen LogP contribution in [0.2, 0.25) is 0 Å². The molecular weight excluding hydrogens is 282 g/mol. The van der Waals surface area contributed by atoms with Crippen LogP contribution in [0.15, 0.2) is 53.5 Å². The number of hydrogen-bond acceptors (Lipinski definition) is 3. The molecule has 1 unspecified atom stereocenters. The summed E-state index contributed by atoms with van der Waals surface area (Å²) in [6, 6.07) is 11.8. The number of carbonyl (C=O) groups is 1. The maximum absolute atomic E-state index is 12.4. The van der Waals surface area contributed by atoms with Crippen LogP contribution in [0.4, 0.5) is 0 Å². The summed E-state index contributed by atoms with van der Waals surface area (Å²) in [7, 11) is 0. The summed E-state index contributed by atoms with van der Waals surface area (Å²) < 4.78 is 6.76. The molecule has 0 spiro atoms. The molecule has 1 atom stereocenters. The number of benzene rings is 1. The number of nitrogens with zero attached hydrogens (tertiary/aromatic N) is 1. The first-order valence-electron chi connectivity index (χ1n) is 7.11. The van der Waals surface area contributed by atoms with E-state index >= 15 is 0 Å². The molecule has 1 aromatic heterocycles. The highest BCUT2D eigenvalue weighted by Gasteiger charge is 2.25. The van der Waals surface area contributed by atoms with Gasteiger partial charge in [0.15, 0.2) is 5.75 Å². The molecule has 0 aliphatic heterocycles. The van der Waals surface area contributed by atoms with Gasteiger partial charge >= 0.3 is 5.97 Å². The van der Waals surface area contributed by atoms with Crippen molar-refractivity contribution in [1.29, 1.82) is 0 Å². The van der Waals surface area contributed by atoms with E-state index in [4.69, 9.17) is 4.74 Å². The van der Waals surface area contributed by atoms with Crippen LogP contribution >= 0.6 is 0 Å². The van der Waals surface area contributed by atoms with Crippen LogP contribution in [0.1, 0.15) is 25.5 Å². The average molecular weight is 301 g/mol. The molecule has 22 heavy (non-hydrogen) atoms. The molecule has 2 rings (SSSR count). The van der Waals surface area contributed by atoms with Crippen molar-refractivity contribution >= 4 is 5.97 Å². The number of rotatable bonds is 6. The Labute approximate surface area is 128 Å². The zero-order valence-corrected chi connectivity index (χ0v) is 12.6. The lowest BCUT2D eigenvalue weighted by molar-refractivity contribution is -0.142. The third-order valence-electron chi connectivity index (χ3n) is 3.36. The maximum Gasteiger partial charge on any atom is 0.327 e. The van der Waals surface area contributed by atoms with E-state index in [2.05, 4.69) is 0 Å². The number of carboxylic acids is 1. The number of carboxylic acid groups (broad SMARTS) is 1. The van der Waals surface area contributed by atoms with Crippen LogP contribution in [0.25, 0.3) is 0 Å². The molecule has 5 heteroatoms. The molecule has 2 aromatic rings. The first kappa shape index (κ1) is 15.8. The number of aliphatic carboxylic acids is 1. The number of aromatic nitrogens is 1. The third-order valence-corrected chi connectivity index (χ3v) is 3.36. The minimum Gasteiger partial charge on any atom is -0.483 e. The molecule has 1 N–H and O–H groups in total. The largest absolute Gasteiger partial charge is 0.483 e. The van der Waals surface area contributed by atoms with E-state index in [0.29, 0.717) is 0 Å². The van der Waals surface area contributed by atoms with Crippen LogP contribution in [-0.4, -0.2) is 15.6 Å². The van der Waals surface area contributed by atoms with E-state index in [0.717, 1.165) is 5.56 Å². The molecule has 116 valence electrons. The molecule has 0 fully saturated rings. The van der Waals surface area contributed by atoms with Crippen molar-refractivity contribution in [2.45, 2.75) is 26.5 Å². The number of hydrogen-bond donors (Lipinski definition) is 1. The van der Waals surface area contributed by atoms with Gasteiger partial charge in [0.25, 0.3) is 5.56 Å². The fraction of sp³-hybridized carbons (Fsp3) is 0.294. The van der Waals surface area contributed by atoms with Crippen molar-refractivity contribution in [2.75, 3.05) is 0 Å². The topological polar surface area (TPSA) is 68.5 Å². The Balaban J connectivity index is 2.26. The molecule has 0 aliphatic rings. The van der Waals surface area contributed by atoms with Crippen molar-refractivity contribution in [3.63, 3.8) is 0 Å². The first-order valence-corrected chi connectivity index (χ1v) is 7.11. The molecule has 1 heterocycles. The second-order valence-corrected chi connectivity index (χ2v) is 5.39. The Morgan fingerprint density at radius 3 is 2.45 bits per heavy atom. The maximum atomic E-state index is 12.4. The molecule has 0 radical (unpaired) electrons. The van der Waals surface area contributed by atoms with Gasteiger partial charge in [0.05, 0.1) is 0 Å². The van der Waals surface area contributed by atoms with Gasteiger partial charge in [-0.2, -0.15) is 0 Å². The Kier molecular flexibility index (Phi) is 4.99. The molecular formula is C17H19NO4. The first-order chi connectivity index (χ1) is 10.5. The summed E-state index contributed by atoms with van der Waals surface area (Å²) in [6.07, 6.45) is 1.48. The molecule has 0 saturated carbocycles. The highest BCUT2D eigenvalue weighted by atomic mass is 16.5. The van der Waals surface area contributed by atoms with Crippen LogP contribution in [0, 0.1) is 5.92 Å². The monoisotopic (exact) mass is 301 g/mol. The van der Waals surface area contributed by atoms with Gasteiger partial charge < -0.3 is 9.84 Å². The quantitative estimate of drug-likeness (QED) is 0.890. The number of ether oxygens (including phenoxy) is 1. The third kappa shape index (κ3) is 3.55. The highest BCUT2D eigenvalue weighted by molar-refractivity contribution is 5.72. The van der Waals surface area contributed by atoms with Crippen molar-refractivity contribution in [3.8, 4) is 5.75 Å². The predicted molar refractivity (Wildman–Crippen MR) is 83.0 cm³/mol. The summed E-state index contributed by atoms with van der Waals surface area (Å²) >= 11 is 0. The van der Waals surface area contributed by atoms with Crippen LogP contribution in [0.5, 0.6) is 5.75 Å². The smallest absolute Gasteiger partial charge is 0.327 e. The summed E-state index contributed by atoms with van der Waals surface area (Å²) in [4.78, 5) is 23.8. The molecule has 0 bridgehead atoms. The Morgan fingerprint density at radius 1 is 1.18 bits per heavy atom. The summed E-state index contributed by atoms with van der Waals surface area (Å²) in [5.41, 5.74) is 0.510. The highest BCUT2D eigenvalue weighted by Crippen LogP contribution is 2.17. The Bertz CT molecular complexity index is 691. The average Bonchev–Trinajstić information content (AvgIpc) is 2.48. The lowest BCUT2D eigenvalue weighted by atomic mass is 10.0. The van der Waals surface area contributed by atoms with Gasteiger partial charge in [-0.15, -0.1) is 0 Å². The second-order valence-electron chi connectivity index (χ2n) is 5.39. The standard InChI is InChI=1S/C17H19NO4/c1-12(2)15(17(20)21)18-10-6-9-14(16(18)19)22-11-13-7-4-3-5-8-13/h3-10,12,15H,11H2,1-2H3,(H,20,21). The number of pyridine rings is 1. The van der Waals surface area contributed by atoms with Crippen molar-refractivity contribution in [3.05, 3.63) is 64.6 Å². The minimum atomic E-state index is -1.03. The molecule has 0 saturated heterocycles. The van der Waals surface area contributed by atoms with Crippen LogP contribution in [0.3, 0.4) is 0 Å². The van der Waals surface area contributed by atoms with Gasteiger partial charge in [0, 0.05) is 6.20 Å². The van der Waals surface area contributed by atoms with Gasteiger partial charge in [-0.05, 0) is 23.6 Å². The van der Waals surface area contributed by atoms with Gasteiger partial charge in [-0.25, -0.2) is 4.79 Å². The summed E-state index contributed by atoms with van der Waals surface area (Å²) in [5.74, 6) is -1.09. The summed E-state index contributed by atoms with van der Waals surface area (Å²) in [6.45, 7) is 3.80. The fourth-order valence-corrected chi connectivity index (χ4v) is 2.28. The van der Waals surface area contributed by atoms with Crippen molar-refractivity contribution in [2.24, 2.45) is 5.92 Å². The van der Waals surface area contributed by atoms with E-state index in [9.17, 15) is 14.7 Å². The van der Waals surface area contributed by atoms with E-state index in [1.54, 1.807) is 26.0 Å². The van der Waals surface area contributed by atoms with Gasteiger partial charge in [0.1, 0.15) is 12.6 Å². The Morgan fingerprint density at radius 2 is 1.86 bits per heavy atom. The molecule has 0 aliphatic carbocycles.